The Bertz CT molecular complexity index is 182. The summed E-state index contributed by atoms with van der Waals surface area (Å²) < 4.78 is 9.74. The van der Waals surface area contributed by atoms with Crippen LogP contribution in [0, 0.1) is 0 Å². The minimum absolute atomic E-state index is 0.0456. The van der Waals surface area contributed by atoms with Crippen molar-refractivity contribution in [3.63, 3.8) is 0 Å². The third-order valence-electron chi connectivity index (χ3n) is 1.12. The minimum Gasteiger partial charge on any atom is -0.462 e. The van der Waals surface area contributed by atoms with Gasteiger partial charge in [-0.3, -0.25) is 0 Å². The Morgan fingerprint density at radius 2 is 2.45 bits per heavy atom. The molecule has 1 atom stereocenters. The number of aliphatic hydroxyl groups excluding tert-OH is 2. The first-order valence-electron chi connectivity index (χ1n) is 3.28. The maximum Gasteiger partial charge on any atom is 0.284 e. The van der Waals surface area contributed by atoms with Gasteiger partial charge in [-0.1, -0.05) is 0 Å². The van der Waals surface area contributed by atoms with E-state index in [4.69, 9.17) is 19.4 Å². The Morgan fingerprint density at radius 1 is 1.64 bits per heavy atom. The molecule has 0 spiro atoms. The highest BCUT2D eigenvalue weighted by atomic mass is 16.6. The van der Waals surface area contributed by atoms with Gasteiger partial charge in [-0.05, 0) is 6.07 Å². The van der Waals surface area contributed by atoms with Crippen LogP contribution in [0.3, 0.4) is 0 Å². The molecule has 0 aliphatic carbocycles. The molecule has 1 heterocycles. The van der Waals surface area contributed by atoms with E-state index in [1.54, 1.807) is 12.1 Å². The Hall–Kier alpha value is -1.00. The third kappa shape index (κ3) is 2.61. The van der Waals surface area contributed by atoms with Gasteiger partial charge in [-0.25, -0.2) is 0 Å². The molecule has 1 aromatic heterocycles. The van der Waals surface area contributed by atoms with Gasteiger partial charge < -0.3 is 19.4 Å². The fourth-order valence-corrected chi connectivity index (χ4v) is 0.577. The molecule has 11 heavy (non-hydrogen) atoms. The zero-order valence-corrected chi connectivity index (χ0v) is 5.93. The summed E-state index contributed by atoms with van der Waals surface area (Å²) in [6, 6.07) is 3.31. The zero-order chi connectivity index (χ0) is 8.10. The van der Waals surface area contributed by atoms with Crippen LogP contribution < -0.4 is 4.74 Å². The molecule has 1 unspecified atom stereocenters. The lowest BCUT2D eigenvalue weighted by Gasteiger charge is -2.05. The molecule has 0 saturated carbocycles. The quantitative estimate of drug-likeness (QED) is 0.648. The van der Waals surface area contributed by atoms with Gasteiger partial charge in [0, 0.05) is 6.07 Å². The van der Waals surface area contributed by atoms with Crippen molar-refractivity contribution >= 4 is 0 Å². The summed E-state index contributed by atoms with van der Waals surface area (Å²) in [6.07, 6.45) is 0.626. The van der Waals surface area contributed by atoms with E-state index in [1.807, 2.05) is 0 Å². The smallest absolute Gasteiger partial charge is 0.284 e. The Labute approximate surface area is 64.0 Å². The lowest BCUT2D eigenvalue weighted by molar-refractivity contribution is 0.0454. The number of furan rings is 1. The van der Waals surface area contributed by atoms with Gasteiger partial charge >= 0.3 is 0 Å². The van der Waals surface area contributed by atoms with Gasteiger partial charge in [0.2, 0.25) is 0 Å². The van der Waals surface area contributed by atoms with Gasteiger partial charge in [-0.15, -0.1) is 0 Å². The maximum atomic E-state index is 8.84. The summed E-state index contributed by atoms with van der Waals surface area (Å²) in [5.41, 5.74) is 0. The van der Waals surface area contributed by atoms with Gasteiger partial charge in [0.1, 0.15) is 12.7 Å². The van der Waals surface area contributed by atoms with Crippen molar-refractivity contribution < 1.29 is 19.4 Å². The van der Waals surface area contributed by atoms with Crippen molar-refractivity contribution in [2.45, 2.75) is 6.10 Å². The van der Waals surface area contributed by atoms with Crippen LogP contribution in [0.2, 0.25) is 0 Å². The summed E-state index contributed by atoms with van der Waals surface area (Å²) >= 11 is 0. The largest absolute Gasteiger partial charge is 0.462 e. The van der Waals surface area contributed by atoms with Crippen LogP contribution in [-0.2, 0) is 0 Å². The molecule has 4 heteroatoms. The first-order chi connectivity index (χ1) is 5.33. The third-order valence-corrected chi connectivity index (χ3v) is 1.12. The molecular weight excluding hydrogens is 148 g/mol. The average Bonchev–Trinajstić information content (AvgIpc) is 2.52. The predicted molar refractivity (Wildman–Crippen MR) is 37.3 cm³/mol. The van der Waals surface area contributed by atoms with E-state index in [0.717, 1.165) is 0 Å². The molecule has 0 amide bonds. The molecule has 0 aliphatic heterocycles. The summed E-state index contributed by atoms with van der Waals surface area (Å²) in [7, 11) is 0. The minimum atomic E-state index is -0.847. The second-order valence-electron chi connectivity index (χ2n) is 2.08. The van der Waals surface area contributed by atoms with Crippen LogP contribution >= 0.6 is 0 Å². The molecule has 0 saturated heterocycles. The van der Waals surface area contributed by atoms with E-state index in [2.05, 4.69) is 0 Å². The molecule has 1 rings (SSSR count). The lowest BCUT2D eigenvalue weighted by atomic mass is 10.4. The molecule has 2 N–H and O–H groups in total. The van der Waals surface area contributed by atoms with Crippen molar-refractivity contribution in [3.8, 4) is 5.95 Å². The highest BCUT2D eigenvalue weighted by Crippen LogP contribution is 2.09. The SMILES string of the molecule is OCC(O)COc1ccco1. The number of aliphatic hydroxyl groups is 2. The van der Waals surface area contributed by atoms with E-state index in [1.165, 1.54) is 6.26 Å². The van der Waals surface area contributed by atoms with E-state index in [-0.39, 0.29) is 13.2 Å². The first kappa shape index (κ1) is 8.10. The number of rotatable bonds is 4. The van der Waals surface area contributed by atoms with Crippen LogP contribution in [0.15, 0.2) is 22.8 Å². The van der Waals surface area contributed by atoms with Gasteiger partial charge in [0.25, 0.3) is 5.95 Å². The Morgan fingerprint density at radius 3 is 3.00 bits per heavy atom. The van der Waals surface area contributed by atoms with E-state index in [9.17, 15) is 0 Å². The molecule has 0 fully saturated rings. The number of hydrogen-bond acceptors (Lipinski definition) is 4. The number of hydrogen-bond donors (Lipinski definition) is 2. The van der Waals surface area contributed by atoms with Crippen LogP contribution in [0.1, 0.15) is 0 Å². The van der Waals surface area contributed by atoms with Crippen LogP contribution in [0.25, 0.3) is 0 Å². The average molecular weight is 158 g/mol. The molecule has 62 valence electrons. The second-order valence-corrected chi connectivity index (χ2v) is 2.08. The molecule has 1 aromatic rings. The monoisotopic (exact) mass is 158 g/mol. The molecular formula is C7H10O4. The molecule has 0 bridgehead atoms. The maximum absolute atomic E-state index is 8.84. The standard InChI is InChI=1S/C7H10O4/c8-4-6(9)5-11-7-2-1-3-10-7/h1-3,6,8-9H,4-5H2. The van der Waals surface area contributed by atoms with Crippen molar-refractivity contribution in [3.05, 3.63) is 18.4 Å². The topological polar surface area (TPSA) is 62.8 Å². The molecule has 0 aromatic carbocycles. The van der Waals surface area contributed by atoms with Crippen LogP contribution in [-0.4, -0.2) is 29.5 Å². The fraction of sp³-hybridized carbons (Fsp3) is 0.429. The zero-order valence-electron chi connectivity index (χ0n) is 5.93. The van der Waals surface area contributed by atoms with Crippen molar-refractivity contribution in [2.75, 3.05) is 13.2 Å². The van der Waals surface area contributed by atoms with E-state index < -0.39 is 6.10 Å². The second kappa shape index (κ2) is 4.00. The van der Waals surface area contributed by atoms with Gasteiger partial charge in [0.15, 0.2) is 0 Å². The Kier molecular flexibility index (Phi) is 2.95. The number of ether oxygens (including phenoxy) is 1. The van der Waals surface area contributed by atoms with Crippen molar-refractivity contribution in [2.24, 2.45) is 0 Å². The van der Waals surface area contributed by atoms with Crippen molar-refractivity contribution in [1.29, 1.82) is 0 Å². The molecule has 0 radical (unpaired) electrons. The first-order valence-corrected chi connectivity index (χ1v) is 3.28. The predicted octanol–water partition coefficient (Wildman–Crippen LogP) is 0.0116. The summed E-state index contributed by atoms with van der Waals surface area (Å²) in [5, 5.41) is 17.2. The summed E-state index contributed by atoms with van der Waals surface area (Å²) in [5.74, 6) is 0.345. The van der Waals surface area contributed by atoms with Crippen LogP contribution in [0.5, 0.6) is 5.95 Å². The van der Waals surface area contributed by atoms with Gasteiger partial charge in [-0.2, -0.15) is 0 Å². The fourth-order valence-electron chi connectivity index (χ4n) is 0.577. The van der Waals surface area contributed by atoms with Crippen molar-refractivity contribution in [1.82, 2.24) is 0 Å². The highest BCUT2D eigenvalue weighted by molar-refractivity contribution is 5.03. The Balaban J connectivity index is 2.23. The van der Waals surface area contributed by atoms with Crippen LogP contribution in [0.4, 0.5) is 0 Å². The summed E-state index contributed by atoms with van der Waals surface area (Å²) in [6.45, 7) is -0.259. The van der Waals surface area contributed by atoms with E-state index >= 15 is 0 Å². The highest BCUT2D eigenvalue weighted by Gasteiger charge is 2.03. The molecule has 4 nitrogen and oxygen atoms in total. The van der Waals surface area contributed by atoms with Gasteiger partial charge in [0.05, 0.1) is 12.9 Å². The lowest BCUT2D eigenvalue weighted by Crippen LogP contribution is -2.21. The normalized spacial score (nSPS) is 12.9. The van der Waals surface area contributed by atoms with E-state index in [0.29, 0.717) is 5.95 Å². The molecule has 0 aliphatic rings. The summed E-state index contributed by atoms with van der Waals surface area (Å²) in [4.78, 5) is 0.